The molecular weight excluding hydrogens is 382 g/mol. The molecule has 7 nitrogen and oxygen atoms in total. The molecule has 3 amide bonds. The number of amides is 3. The van der Waals surface area contributed by atoms with Gasteiger partial charge in [0.05, 0.1) is 12.0 Å². The lowest BCUT2D eigenvalue weighted by atomic mass is 9.70. The Balaban J connectivity index is 1.28. The zero-order valence-corrected chi connectivity index (χ0v) is 17.6. The van der Waals surface area contributed by atoms with Gasteiger partial charge in [0.2, 0.25) is 11.8 Å². The molecule has 1 aromatic rings. The first-order chi connectivity index (χ1) is 14.3. The lowest BCUT2D eigenvalue weighted by molar-refractivity contribution is -0.154. The van der Waals surface area contributed by atoms with E-state index in [-0.39, 0.29) is 47.1 Å². The van der Waals surface area contributed by atoms with E-state index in [1.807, 2.05) is 35.2 Å². The van der Waals surface area contributed by atoms with Crippen LogP contribution in [0.2, 0.25) is 0 Å². The predicted octanol–water partition coefficient (Wildman–Crippen LogP) is 1.67. The van der Waals surface area contributed by atoms with Crippen LogP contribution < -0.4 is 5.32 Å². The summed E-state index contributed by atoms with van der Waals surface area (Å²) in [6.07, 6.45) is 0.985. The summed E-state index contributed by atoms with van der Waals surface area (Å²) in [5.41, 5.74) is 0.907. The highest BCUT2D eigenvalue weighted by Crippen LogP contribution is 2.54. The molecule has 1 aromatic carbocycles. The van der Waals surface area contributed by atoms with E-state index in [2.05, 4.69) is 19.2 Å². The Hall–Kier alpha value is -2.41. The Labute approximate surface area is 176 Å². The standard InChI is InChI=1S/C23H29N3O4/c1-22(2)9-17(22)19(27)25-13-23(14-25)12-24-10-18(23)20(28)26-16(11-30-21(26)29)8-15-6-4-3-5-7-15/h3-7,16-18,24H,8-14H2,1-2H3/t16?,17-,18+/m1/s1. The second kappa shape index (κ2) is 6.80. The van der Waals surface area contributed by atoms with Crippen molar-refractivity contribution in [3.05, 3.63) is 35.9 Å². The van der Waals surface area contributed by atoms with E-state index in [4.69, 9.17) is 4.74 Å². The summed E-state index contributed by atoms with van der Waals surface area (Å²) in [5, 5.41) is 3.33. The Morgan fingerprint density at radius 1 is 1.13 bits per heavy atom. The summed E-state index contributed by atoms with van der Waals surface area (Å²) in [7, 11) is 0. The minimum Gasteiger partial charge on any atom is -0.447 e. The molecule has 3 atom stereocenters. The molecule has 1 spiro atoms. The van der Waals surface area contributed by atoms with Crippen LogP contribution in [0.15, 0.2) is 30.3 Å². The normalized spacial score (nSPS) is 30.9. The van der Waals surface area contributed by atoms with Crippen LogP contribution in [0.3, 0.4) is 0 Å². The highest BCUT2D eigenvalue weighted by Gasteiger charge is 2.61. The van der Waals surface area contributed by atoms with Gasteiger partial charge in [-0.2, -0.15) is 0 Å². The van der Waals surface area contributed by atoms with E-state index in [0.717, 1.165) is 12.0 Å². The molecule has 1 aliphatic carbocycles. The van der Waals surface area contributed by atoms with Crippen molar-refractivity contribution in [3.63, 3.8) is 0 Å². The van der Waals surface area contributed by atoms with Crippen molar-refractivity contribution in [2.75, 3.05) is 32.8 Å². The number of nitrogens with zero attached hydrogens (tertiary/aromatic N) is 2. The fourth-order valence-electron chi connectivity index (χ4n) is 5.40. The lowest BCUT2D eigenvalue weighted by Crippen LogP contribution is -2.65. The zero-order valence-electron chi connectivity index (χ0n) is 17.6. The van der Waals surface area contributed by atoms with Crippen LogP contribution in [0.4, 0.5) is 4.79 Å². The van der Waals surface area contributed by atoms with E-state index in [1.54, 1.807) is 0 Å². The molecule has 4 fully saturated rings. The average Bonchev–Trinajstić information content (AvgIpc) is 3.03. The number of nitrogens with one attached hydrogen (secondary N) is 1. The number of hydrogen-bond acceptors (Lipinski definition) is 5. The molecule has 0 bridgehead atoms. The fourth-order valence-corrected chi connectivity index (χ4v) is 5.40. The van der Waals surface area contributed by atoms with Crippen LogP contribution in [0.5, 0.6) is 0 Å². The quantitative estimate of drug-likeness (QED) is 0.816. The van der Waals surface area contributed by atoms with Crippen molar-refractivity contribution < 1.29 is 19.1 Å². The molecule has 5 rings (SSSR count). The van der Waals surface area contributed by atoms with Crippen molar-refractivity contribution in [1.82, 2.24) is 15.1 Å². The largest absolute Gasteiger partial charge is 0.447 e. The molecule has 30 heavy (non-hydrogen) atoms. The van der Waals surface area contributed by atoms with Gasteiger partial charge in [0.25, 0.3) is 0 Å². The van der Waals surface area contributed by atoms with Crippen LogP contribution in [0.25, 0.3) is 0 Å². The maximum absolute atomic E-state index is 13.5. The second-order valence-electron chi connectivity index (χ2n) is 10.1. The summed E-state index contributed by atoms with van der Waals surface area (Å²) < 4.78 is 5.25. The SMILES string of the molecule is CC1(C)C[C@@H]1C(=O)N1CC2(CNC[C@H]2C(=O)N2C(=O)OCC2Cc2ccccc2)C1. The maximum Gasteiger partial charge on any atom is 0.416 e. The summed E-state index contributed by atoms with van der Waals surface area (Å²) >= 11 is 0. The number of cyclic esters (lactones) is 1. The number of carbonyl (C=O) groups excluding carboxylic acids is 3. The third kappa shape index (κ3) is 3.11. The van der Waals surface area contributed by atoms with Crippen LogP contribution in [-0.2, 0) is 20.7 Å². The van der Waals surface area contributed by atoms with Crippen LogP contribution in [-0.4, -0.2) is 66.5 Å². The molecule has 7 heteroatoms. The van der Waals surface area contributed by atoms with Gasteiger partial charge in [-0.05, 0) is 23.8 Å². The van der Waals surface area contributed by atoms with Crippen molar-refractivity contribution in [3.8, 4) is 0 Å². The highest BCUT2D eigenvalue weighted by atomic mass is 16.6. The van der Waals surface area contributed by atoms with Crippen molar-refractivity contribution in [1.29, 1.82) is 0 Å². The molecule has 4 aliphatic rings. The maximum atomic E-state index is 13.5. The predicted molar refractivity (Wildman–Crippen MR) is 109 cm³/mol. The summed E-state index contributed by atoms with van der Waals surface area (Å²) in [6.45, 7) is 6.90. The number of benzene rings is 1. The van der Waals surface area contributed by atoms with Gasteiger partial charge in [-0.3, -0.25) is 9.59 Å². The first-order valence-electron chi connectivity index (χ1n) is 10.8. The third-order valence-electron chi connectivity index (χ3n) is 7.51. The lowest BCUT2D eigenvalue weighted by Gasteiger charge is -2.51. The summed E-state index contributed by atoms with van der Waals surface area (Å²) in [5.74, 6) is -0.145. The number of carbonyl (C=O) groups is 3. The van der Waals surface area contributed by atoms with Crippen molar-refractivity contribution in [2.24, 2.45) is 22.7 Å². The molecule has 3 aliphatic heterocycles. The molecule has 1 unspecified atom stereocenters. The molecule has 0 radical (unpaired) electrons. The van der Waals surface area contributed by atoms with Crippen LogP contribution in [0.1, 0.15) is 25.8 Å². The second-order valence-corrected chi connectivity index (χ2v) is 10.1. The Morgan fingerprint density at radius 2 is 1.83 bits per heavy atom. The average molecular weight is 412 g/mol. The Kier molecular flexibility index (Phi) is 4.43. The van der Waals surface area contributed by atoms with Gasteiger partial charge in [0.15, 0.2) is 0 Å². The molecular formula is C23H29N3O4. The van der Waals surface area contributed by atoms with Gasteiger partial charge in [0.1, 0.15) is 6.61 Å². The van der Waals surface area contributed by atoms with E-state index in [9.17, 15) is 14.4 Å². The molecule has 3 heterocycles. The smallest absolute Gasteiger partial charge is 0.416 e. The van der Waals surface area contributed by atoms with E-state index < -0.39 is 6.09 Å². The number of rotatable bonds is 4. The van der Waals surface area contributed by atoms with Gasteiger partial charge in [-0.15, -0.1) is 0 Å². The monoisotopic (exact) mass is 411 g/mol. The molecule has 160 valence electrons. The third-order valence-corrected chi connectivity index (χ3v) is 7.51. The van der Waals surface area contributed by atoms with Gasteiger partial charge in [-0.25, -0.2) is 9.69 Å². The number of ether oxygens (including phenoxy) is 1. The van der Waals surface area contributed by atoms with Crippen LogP contribution in [0, 0.1) is 22.7 Å². The zero-order chi connectivity index (χ0) is 21.1. The van der Waals surface area contributed by atoms with Crippen LogP contribution >= 0.6 is 0 Å². The van der Waals surface area contributed by atoms with Gasteiger partial charge in [-0.1, -0.05) is 44.2 Å². The Bertz CT molecular complexity index is 878. The first kappa shape index (κ1) is 19.5. The molecule has 0 aromatic heterocycles. The van der Waals surface area contributed by atoms with E-state index in [1.165, 1.54) is 4.90 Å². The van der Waals surface area contributed by atoms with Crippen molar-refractivity contribution >= 4 is 17.9 Å². The minimum absolute atomic E-state index is 0.104. The van der Waals surface area contributed by atoms with Gasteiger partial charge >= 0.3 is 6.09 Å². The minimum atomic E-state index is -0.546. The summed E-state index contributed by atoms with van der Waals surface area (Å²) in [6, 6.07) is 9.57. The van der Waals surface area contributed by atoms with Gasteiger partial charge < -0.3 is 15.0 Å². The van der Waals surface area contributed by atoms with E-state index in [0.29, 0.717) is 32.6 Å². The number of imide groups is 1. The number of likely N-dealkylation sites (tertiary alicyclic amines) is 1. The summed E-state index contributed by atoms with van der Waals surface area (Å²) in [4.78, 5) is 41.9. The van der Waals surface area contributed by atoms with Gasteiger partial charge in [0, 0.05) is 37.5 Å². The topological polar surface area (TPSA) is 79.0 Å². The molecule has 3 saturated heterocycles. The Morgan fingerprint density at radius 3 is 2.50 bits per heavy atom. The van der Waals surface area contributed by atoms with E-state index >= 15 is 0 Å². The highest BCUT2D eigenvalue weighted by molar-refractivity contribution is 5.96. The fraction of sp³-hybridized carbons (Fsp3) is 0.609. The first-order valence-corrected chi connectivity index (χ1v) is 10.8. The molecule has 1 saturated carbocycles. The molecule has 1 N–H and O–H groups in total. The van der Waals surface area contributed by atoms with Crippen molar-refractivity contribution in [2.45, 2.75) is 32.7 Å². The number of hydrogen-bond donors (Lipinski definition) is 1.